The minimum absolute atomic E-state index is 0. The number of nitrogens with one attached hydrogen (secondary N) is 2. The van der Waals surface area contributed by atoms with Crippen LogP contribution in [0.15, 0.2) is 0 Å². The zero-order valence-corrected chi connectivity index (χ0v) is 27.5. The van der Waals surface area contributed by atoms with E-state index in [0.717, 1.165) is 11.5 Å². The number of carbonyl (C=O) groups is 4. The van der Waals surface area contributed by atoms with Crippen LogP contribution in [0.2, 0.25) is 0 Å². The van der Waals surface area contributed by atoms with Gasteiger partial charge in [-0.05, 0) is 13.3 Å². The monoisotopic (exact) mass is 666 g/mol. The Morgan fingerprint density at radius 2 is 1.00 bits per heavy atom. The maximum Gasteiger partial charge on any atom is 0.305 e. The number of hydrogen-bond acceptors (Lipinski definition) is 10. The van der Waals surface area contributed by atoms with Gasteiger partial charge in [0.15, 0.2) is 0 Å². The summed E-state index contributed by atoms with van der Waals surface area (Å²) in [5.74, 6) is 0.300. The molecule has 0 aromatic carbocycles. The Labute approximate surface area is 253 Å². The fourth-order valence-corrected chi connectivity index (χ4v) is 2.35. The van der Waals surface area contributed by atoms with Gasteiger partial charge >= 0.3 is 11.9 Å². The number of rotatable bonds is 11. The van der Waals surface area contributed by atoms with Crippen LogP contribution in [0.5, 0.6) is 0 Å². The summed E-state index contributed by atoms with van der Waals surface area (Å²) in [6.07, 6.45) is 8.38. The van der Waals surface area contributed by atoms with E-state index >= 15 is 0 Å². The molecule has 0 saturated heterocycles. The Bertz CT molecular complexity index is 398. The maximum absolute atomic E-state index is 10.5. The first-order valence-corrected chi connectivity index (χ1v) is 13.4. The van der Waals surface area contributed by atoms with Gasteiger partial charge in [0.05, 0.1) is 0 Å². The molecule has 0 aliphatic heterocycles. The summed E-state index contributed by atoms with van der Waals surface area (Å²) in [7, 11) is 6.05. The van der Waals surface area contributed by atoms with Crippen LogP contribution in [-0.2, 0) is 94.1 Å². The second-order valence-corrected chi connectivity index (χ2v) is 8.95. The van der Waals surface area contributed by atoms with Crippen molar-refractivity contribution in [2.24, 2.45) is 0 Å². The van der Waals surface area contributed by atoms with Gasteiger partial charge in [-0.3, -0.25) is 43.7 Å². The predicted molar refractivity (Wildman–Crippen MR) is 128 cm³/mol. The first-order chi connectivity index (χ1) is 13.6. The van der Waals surface area contributed by atoms with Crippen LogP contribution in [0.3, 0.4) is 0 Å². The van der Waals surface area contributed by atoms with E-state index in [2.05, 4.69) is 12.5 Å². The van der Waals surface area contributed by atoms with Gasteiger partial charge in [-0.15, -0.1) is 21.6 Å². The molecule has 0 aliphatic carbocycles. The summed E-state index contributed by atoms with van der Waals surface area (Å²) in [6, 6.07) is 0. The van der Waals surface area contributed by atoms with E-state index in [-0.39, 0.29) is 77.4 Å². The van der Waals surface area contributed by atoms with Crippen LogP contribution in [0.1, 0.15) is 47.0 Å². The third-order valence-corrected chi connectivity index (χ3v) is 4.92. The van der Waals surface area contributed by atoms with Crippen LogP contribution in [0.4, 0.5) is 0 Å². The van der Waals surface area contributed by atoms with E-state index in [0.29, 0.717) is 32.5 Å². The van der Waals surface area contributed by atoms with Crippen LogP contribution in [0, 0.1) is 12.5 Å². The normalized spacial score (nSPS) is 8.06. The standard InChI is InChI=1S/2C6H11O2S2.C3H7NO.C2H5NO.2Y/c2*1-3-6(7)8-4-5-10-9-2;1-2-3(4)5;1-2(3)4;;/h2*2-5H2,1H3;2H2,1H3,(H2,4,5);1H3,(H2,3,4);;/q2*-1;;;;/p-2. The van der Waals surface area contributed by atoms with E-state index in [1.807, 2.05) is 0 Å². The second kappa shape index (κ2) is 41.7. The molecular formula is C17H32N2O6S4Y2-4. The van der Waals surface area contributed by atoms with Crippen molar-refractivity contribution in [3.63, 3.8) is 0 Å². The van der Waals surface area contributed by atoms with E-state index in [9.17, 15) is 14.4 Å². The van der Waals surface area contributed by atoms with Gasteiger partial charge in [-0.2, -0.15) is 0 Å². The van der Waals surface area contributed by atoms with Gasteiger partial charge in [0, 0.05) is 102 Å². The molecule has 8 nitrogen and oxygen atoms in total. The Kier molecular flexibility index (Phi) is 61.8. The molecule has 14 heteroatoms. The first kappa shape index (κ1) is 45.9. The topological polar surface area (TPSA) is 134 Å². The van der Waals surface area contributed by atoms with Gasteiger partial charge < -0.3 is 30.5 Å². The molecule has 2 amide bonds. The van der Waals surface area contributed by atoms with Gasteiger partial charge in [0.1, 0.15) is 13.2 Å². The van der Waals surface area contributed by atoms with Crippen molar-refractivity contribution in [3.8, 4) is 0 Å². The van der Waals surface area contributed by atoms with E-state index in [1.165, 1.54) is 28.5 Å². The molecule has 0 spiro atoms. The van der Waals surface area contributed by atoms with Gasteiger partial charge in [0.2, 0.25) is 0 Å². The van der Waals surface area contributed by atoms with Crippen molar-refractivity contribution >= 4 is 66.9 Å². The second-order valence-electron chi connectivity index (χ2n) is 4.36. The average molecular weight is 667 g/mol. The molecule has 0 atom stereocenters. The van der Waals surface area contributed by atoms with Crippen LogP contribution < -0.4 is 0 Å². The zero-order valence-electron chi connectivity index (χ0n) is 18.6. The molecule has 0 bridgehead atoms. The quantitative estimate of drug-likeness (QED) is 0.116. The van der Waals surface area contributed by atoms with Gasteiger partial charge in [-0.25, -0.2) is 0 Å². The minimum atomic E-state index is -0.583. The Balaban J connectivity index is -0.0000000701. The molecule has 180 valence electrons. The minimum Gasteiger partial charge on any atom is -0.668 e. The van der Waals surface area contributed by atoms with Crippen molar-refractivity contribution < 1.29 is 94.1 Å². The number of ether oxygens (including phenoxy) is 2. The van der Waals surface area contributed by atoms with Crippen molar-refractivity contribution in [1.29, 1.82) is 0 Å². The summed E-state index contributed by atoms with van der Waals surface area (Å²) in [5, 5.41) is 0. The van der Waals surface area contributed by atoms with Crippen molar-refractivity contribution in [2.45, 2.75) is 47.0 Å². The first-order valence-electron chi connectivity index (χ1n) is 8.47. The van der Waals surface area contributed by atoms with E-state index < -0.39 is 11.8 Å². The molecule has 0 aromatic rings. The van der Waals surface area contributed by atoms with Gasteiger partial charge in [0.25, 0.3) is 0 Å². The van der Waals surface area contributed by atoms with E-state index in [1.54, 1.807) is 42.4 Å². The maximum atomic E-state index is 10.5. The molecular weight excluding hydrogens is 634 g/mol. The smallest absolute Gasteiger partial charge is 0.305 e. The molecule has 31 heavy (non-hydrogen) atoms. The number of amides is 2. The summed E-state index contributed by atoms with van der Waals surface area (Å²) in [6.45, 7) is 7.42. The Morgan fingerprint density at radius 3 is 1.16 bits per heavy atom. The van der Waals surface area contributed by atoms with Crippen molar-refractivity contribution in [3.05, 3.63) is 24.0 Å². The predicted octanol–water partition coefficient (Wildman–Crippen LogP) is 5.78. The molecule has 0 unspecified atom stereocenters. The molecule has 0 rings (SSSR count). The number of esters is 2. The average Bonchev–Trinajstić information content (AvgIpc) is 2.68. The van der Waals surface area contributed by atoms with Crippen molar-refractivity contribution in [1.82, 2.24) is 0 Å². The molecule has 2 N–H and O–H groups in total. The third-order valence-electron chi connectivity index (χ3n) is 1.92. The van der Waals surface area contributed by atoms with Crippen LogP contribution in [0.25, 0.3) is 11.5 Å². The van der Waals surface area contributed by atoms with Gasteiger partial charge in [-0.1, -0.05) is 20.8 Å². The summed E-state index contributed by atoms with van der Waals surface area (Å²) < 4.78 is 9.58. The molecule has 0 heterocycles. The Morgan fingerprint density at radius 1 is 0.742 bits per heavy atom. The largest absolute Gasteiger partial charge is 0.668 e. The SMILES string of the molecule is CC([NH-])=O.CCC([NH-])=O.[CH2-]SSCCOC(=O)CC.[CH2-]SSCCOC(=O)CC.[Y].[Y]. The van der Waals surface area contributed by atoms with Crippen LogP contribution in [-0.4, -0.2) is 48.5 Å². The molecule has 0 aromatic heterocycles. The van der Waals surface area contributed by atoms with E-state index in [4.69, 9.17) is 25.7 Å². The number of hydrogen-bond donors (Lipinski definition) is 0. The Hall–Kier alpha value is 1.49. The van der Waals surface area contributed by atoms with Crippen molar-refractivity contribution in [2.75, 3.05) is 24.7 Å². The molecule has 0 saturated carbocycles. The number of carbonyl (C=O) groups excluding carboxylic acids is 4. The molecule has 0 aliphatic rings. The zero-order chi connectivity index (χ0) is 23.5. The fourth-order valence-electron chi connectivity index (χ4n) is 0.701. The fraction of sp³-hybridized carbons (Fsp3) is 0.647. The molecule has 0 fully saturated rings. The van der Waals surface area contributed by atoms with Crippen LogP contribution >= 0.6 is 43.2 Å². The summed E-state index contributed by atoms with van der Waals surface area (Å²) in [5.41, 5.74) is 12.1. The third kappa shape index (κ3) is 72.1. The summed E-state index contributed by atoms with van der Waals surface area (Å²) >= 11 is 0. The summed E-state index contributed by atoms with van der Waals surface area (Å²) in [4.78, 5) is 39.6. The molecule has 2 radical (unpaired) electrons.